The van der Waals surface area contributed by atoms with Gasteiger partial charge in [-0.1, -0.05) is 12.1 Å². The van der Waals surface area contributed by atoms with Gasteiger partial charge in [-0.3, -0.25) is 14.9 Å². The molecule has 138 valence electrons. The molecule has 0 bridgehead atoms. The number of benzene rings is 2. The highest BCUT2D eigenvalue weighted by molar-refractivity contribution is 5.89. The predicted octanol–water partition coefficient (Wildman–Crippen LogP) is 1.71. The molecule has 0 unspecified atom stereocenters. The lowest BCUT2D eigenvalue weighted by Crippen LogP contribution is -2.24. The summed E-state index contributed by atoms with van der Waals surface area (Å²) in [5, 5.41) is 33.4. The normalized spacial score (nSPS) is 10.2. The minimum Gasteiger partial charge on any atom is -0.504 e. The SMILES string of the molecule is COc1c(O)ccc(/C=N/NC(=O)COc2ccccc2C#N)c1[N+](=O)[O-]. The molecule has 0 heterocycles. The molecule has 10 heteroatoms. The standard InChI is InChI=1S/C17H14N4O6/c1-26-17-13(22)7-6-12(16(17)21(24)25)9-19-20-15(23)10-27-14-5-3-2-4-11(14)8-18/h2-7,9,22H,10H2,1H3,(H,20,23)/b19-9+. The maximum Gasteiger partial charge on any atom is 0.323 e. The first-order chi connectivity index (χ1) is 13.0. The highest BCUT2D eigenvalue weighted by Gasteiger charge is 2.23. The molecule has 2 rings (SSSR count). The summed E-state index contributed by atoms with van der Waals surface area (Å²) >= 11 is 0. The lowest BCUT2D eigenvalue weighted by Gasteiger charge is -2.07. The molecule has 0 aliphatic heterocycles. The van der Waals surface area contributed by atoms with Crippen molar-refractivity contribution >= 4 is 17.8 Å². The number of hydrogen-bond acceptors (Lipinski definition) is 8. The topological polar surface area (TPSA) is 147 Å². The Bertz CT molecular complexity index is 936. The van der Waals surface area contributed by atoms with Crippen molar-refractivity contribution in [2.24, 2.45) is 5.10 Å². The van der Waals surface area contributed by atoms with Crippen LogP contribution in [0.15, 0.2) is 41.5 Å². The van der Waals surface area contributed by atoms with Gasteiger partial charge < -0.3 is 14.6 Å². The molecule has 1 amide bonds. The van der Waals surface area contributed by atoms with Crippen molar-refractivity contribution in [2.75, 3.05) is 13.7 Å². The van der Waals surface area contributed by atoms with Gasteiger partial charge in [0.25, 0.3) is 5.91 Å². The van der Waals surface area contributed by atoms with Gasteiger partial charge in [-0.15, -0.1) is 0 Å². The van der Waals surface area contributed by atoms with Crippen molar-refractivity contribution < 1.29 is 24.3 Å². The monoisotopic (exact) mass is 370 g/mol. The van der Waals surface area contributed by atoms with Crippen molar-refractivity contribution in [3.63, 3.8) is 0 Å². The average Bonchev–Trinajstić information content (AvgIpc) is 2.67. The number of methoxy groups -OCH3 is 1. The van der Waals surface area contributed by atoms with Gasteiger partial charge in [-0.2, -0.15) is 10.4 Å². The van der Waals surface area contributed by atoms with E-state index in [1.165, 1.54) is 19.2 Å². The fourth-order valence-corrected chi connectivity index (χ4v) is 2.10. The number of para-hydroxylation sites is 1. The second kappa shape index (κ2) is 8.82. The maximum atomic E-state index is 11.8. The predicted molar refractivity (Wildman–Crippen MR) is 93.7 cm³/mol. The van der Waals surface area contributed by atoms with E-state index in [9.17, 15) is 20.0 Å². The second-order valence-electron chi connectivity index (χ2n) is 5.00. The van der Waals surface area contributed by atoms with Gasteiger partial charge in [0.1, 0.15) is 11.8 Å². The van der Waals surface area contributed by atoms with Crippen LogP contribution < -0.4 is 14.9 Å². The summed E-state index contributed by atoms with van der Waals surface area (Å²) in [4.78, 5) is 22.2. The van der Waals surface area contributed by atoms with E-state index in [4.69, 9.17) is 14.7 Å². The number of aromatic hydroxyl groups is 1. The number of phenolic OH excluding ortho intramolecular Hbond substituents is 1. The van der Waals surface area contributed by atoms with E-state index in [2.05, 4.69) is 10.5 Å². The molecule has 27 heavy (non-hydrogen) atoms. The van der Waals surface area contributed by atoms with Crippen molar-refractivity contribution in [3.05, 3.63) is 57.6 Å². The number of carbonyl (C=O) groups excluding carboxylic acids is 1. The first-order valence-corrected chi connectivity index (χ1v) is 7.46. The van der Waals surface area contributed by atoms with Crippen molar-refractivity contribution in [3.8, 4) is 23.3 Å². The van der Waals surface area contributed by atoms with Crippen LogP contribution in [0.3, 0.4) is 0 Å². The molecule has 2 N–H and O–H groups in total. The number of nitrogens with one attached hydrogen (secondary N) is 1. The van der Waals surface area contributed by atoms with E-state index in [1.54, 1.807) is 24.3 Å². The van der Waals surface area contributed by atoms with Crippen LogP contribution in [0.2, 0.25) is 0 Å². The first kappa shape index (κ1) is 19.2. The summed E-state index contributed by atoms with van der Waals surface area (Å²) < 4.78 is 10.1. The van der Waals surface area contributed by atoms with Gasteiger partial charge in [0, 0.05) is 0 Å². The molecule has 10 nitrogen and oxygen atoms in total. The zero-order valence-electron chi connectivity index (χ0n) is 14.1. The molecular weight excluding hydrogens is 356 g/mol. The fourth-order valence-electron chi connectivity index (χ4n) is 2.10. The minimum absolute atomic E-state index is 0.0192. The number of carbonyl (C=O) groups is 1. The number of amides is 1. The molecule has 0 aromatic heterocycles. The van der Waals surface area contributed by atoms with E-state index in [-0.39, 0.29) is 22.6 Å². The number of nitro groups is 1. The molecule has 2 aromatic rings. The van der Waals surface area contributed by atoms with Crippen LogP contribution >= 0.6 is 0 Å². The lowest BCUT2D eigenvalue weighted by molar-refractivity contribution is -0.386. The number of nitriles is 1. The number of hydrogen-bond donors (Lipinski definition) is 2. The smallest absolute Gasteiger partial charge is 0.323 e. The van der Waals surface area contributed by atoms with Crippen LogP contribution in [0.1, 0.15) is 11.1 Å². The molecule has 0 spiro atoms. The largest absolute Gasteiger partial charge is 0.504 e. The molecule has 0 atom stereocenters. The van der Waals surface area contributed by atoms with Gasteiger partial charge >= 0.3 is 5.69 Å². The summed E-state index contributed by atoms with van der Waals surface area (Å²) in [5.74, 6) is -1.09. The Morgan fingerprint density at radius 2 is 2.15 bits per heavy atom. The molecule has 0 saturated heterocycles. The summed E-state index contributed by atoms with van der Waals surface area (Å²) in [6.07, 6.45) is 1.04. The third-order valence-electron chi connectivity index (χ3n) is 3.29. The Balaban J connectivity index is 2.04. The van der Waals surface area contributed by atoms with Gasteiger partial charge in [-0.25, -0.2) is 5.43 Å². The lowest BCUT2D eigenvalue weighted by atomic mass is 10.1. The van der Waals surface area contributed by atoms with Crippen molar-refractivity contribution in [1.29, 1.82) is 5.26 Å². The number of nitrogens with zero attached hydrogens (tertiary/aromatic N) is 3. The summed E-state index contributed by atoms with van der Waals surface area (Å²) in [7, 11) is 1.18. The van der Waals surface area contributed by atoms with E-state index in [0.717, 1.165) is 6.21 Å². The average molecular weight is 370 g/mol. The molecule has 0 radical (unpaired) electrons. The molecule has 0 aliphatic rings. The summed E-state index contributed by atoms with van der Waals surface area (Å²) in [5.41, 5.74) is 1.96. The Kier molecular flexibility index (Phi) is 6.27. The molecular formula is C17H14N4O6. The third-order valence-corrected chi connectivity index (χ3v) is 3.29. The zero-order valence-corrected chi connectivity index (χ0v) is 14.1. The Labute approximate surface area is 153 Å². The van der Waals surface area contributed by atoms with Gasteiger partial charge in [-0.05, 0) is 24.3 Å². The maximum absolute atomic E-state index is 11.8. The van der Waals surface area contributed by atoms with Crippen molar-refractivity contribution in [1.82, 2.24) is 5.43 Å². The number of rotatable bonds is 7. The Morgan fingerprint density at radius 3 is 2.81 bits per heavy atom. The number of phenols is 1. The Hall–Kier alpha value is -4.13. The van der Waals surface area contributed by atoms with Crippen molar-refractivity contribution in [2.45, 2.75) is 0 Å². The van der Waals surface area contributed by atoms with Crippen LogP contribution in [0.5, 0.6) is 17.2 Å². The molecule has 0 saturated carbocycles. The van der Waals surface area contributed by atoms with Gasteiger partial charge in [0.2, 0.25) is 5.75 Å². The highest BCUT2D eigenvalue weighted by atomic mass is 16.6. The zero-order chi connectivity index (χ0) is 19.8. The van der Waals surface area contributed by atoms with Gasteiger partial charge in [0.15, 0.2) is 12.4 Å². The van der Waals surface area contributed by atoms with Crippen LogP contribution in [-0.2, 0) is 4.79 Å². The molecule has 2 aromatic carbocycles. The summed E-state index contributed by atoms with van der Waals surface area (Å²) in [6.45, 7) is -0.406. The molecule has 0 aliphatic carbocycles. The second-order valence-corrected chi connectivity index (χ2v) is 5.00. The van der Waals surface area contributed by atoms with Crippen LogP contribution in [0, 0.1) is 21.4 Å². The van der Waals surface area contributed by atoms with E-state index in [0.29, 0.717) is 0 Å². The minimum atomic E-state index is -0.732. The first-order valence-electron chi connectivity index (χ1n) is 7.46. The highest BCUT2D eigenvalue weighted by Crippen LogP contribution is 2.37. The quantitative estimate of drug-likeness (QED) is 0.428. The number of ether oxygens (including phenoxy) is 2. The van der Waals surface area contributed by atoms with Crippen LogP contribution in [0.4, 0.5) is 5.69 Å². The summed E-state index contributed by atoms with van der Waals surface area (Å²) in [6, 6.07) is 10.8. The van der Waals surface area contributed by atoms with E-state index in [1.807, 2.05) is 6.07 Å². The van der Waals surface area contributed by atoms with Gasteiger partial charge in [0.05, 0.1) is 29.4 Å². The third kappa shape index (κ3) is 4.70. The Morgan fingerprint density at radius 1 is 1.41 bits per heavy atom. The fraction of sp³-hybridized carbons (Fsp3) is 0.118. The van der Waals surface area contributed by atoms with E-state index < -0.39 is 28.9 Å². The number of hydrazone groups is 1. The molecule has 0 fully saturated rings. The van der Waals surface area contributed by atoms with Crippen LogP contribution in [-0.4, -0.2) is 35.9 Å². The van der Waals surface area contributed by atoms with E-state index >= 15 is 0 Å². The van der Waals surface area contributed by atoms with Crippen LogP contribution in [0.25, 0.3) is 0 Å². The number of nitro benzene ring substituents is 1.